The summed E-state index contributed by atoms with van der Waals surface area (Å²) >= 11 is 0. The van der Waals surface area contributed by atoms with Gasteiger partial charge >= 0.3 is 17.9 Å². The third-order valence-corrected chi connectivity index (χ3v) is 10.8. The molecule has 6 heteroatoms. The van der Waals surface area contributed by atoms with Crippen LogP contribution in [0.15, 0.2) is 0 Å². The predicted molar refractivity (Wildman–Crippen MR) is 224 cm³/mol. The lowest BCUT2D eigenvalue weighted by molar-refractivity contribution is -0.167. The molecule has 0 aliphatic carbocycles. The molecule has 0 saturated heterocycles. The Morgan fingerprint density at radius 3 is 1.08 bits per heavy atom. The quantitative estimate of drug-likeness (QED) is 0.0352. The molecular weight excluding hydrogens is 661 g/mol. The van der Waals surface area contributed by atoms with Crippen LogP contribution in [-0.4, -0.2) is 37.2 Å². The SMILES string of the molecule is CCCCCCCC(=O)OC[C@@H](COC(=O)CCCCCCCCCCCCC(C)CC)OC(=O)CCCCCCCCCCCCCCCC(C)C. The van der Waals surface area contributed by atoms with E-state index in [0.29, 0.717) is 19.3 Å². The highest BCUT2D eigenvalue weighted by molar-refractivity contribution is 5.71. The Balaban J connectivity index is 4.18. The topological polar surface area (TPSA) is 78.9 Å². The summed E-state index contributed by atoms with van der Waals surface area (Å²) in [7, 11) is 0. The van der Waals surface area contributed by atoms with E-state index in [2.05, 4.69) is 34.6 Å². The van der Waals surface area contributed by atoms with E-state index < -0.39 is 6.10 Å². The second-order valence-corrected chi connectivity index (χ2v) is 16.8. The Morgan fingerprint density at radius 2 is 0.717 bits per heavy atom. The molecule has 2 atom stereocenters. The summed E-state index contributed by atoms with van der Waals surface area (Å²) in [5.41, 5.74) is 0. The van der Waals surface area contributed by atoms with Crippen molar-refractivity contribution in [2.75, 3.05) is 13.2 Å². The molecule has 0 spiro atoms. The van der Waals surface area contributed by atoms with E-state index in [9.17, 15) is 14.4 Å². The van der Waals surface area contributed by atoms with Gasteiger partial charge in [0.1, 0.15) is 13.2 Å². The summed E-state index contributed by atoms with van der Waals surface area (Å²) in [5, 5.41) is 0. The van der Waals surface area contributed by atoms with E-state index in [1.54, 1.807) is 0 Å². The lowest BCUT2D eigenvalue weighted by atomic mass is 9.99. The number of unbranched alkanes of at least 4 members (excludes halogenated alkanes) is 25. The van der Waals surface area contributed by atoms with Crippen LogP contribution >= 0.6 is 0 Å². The second kappa shape index (κ2) is 40.1. The first-order valence-corrected chi connectivity index (χ1v) is 23.3. The van der Waals surface area contributed by atoms with Crippen LogP contribution in [-0.2, 0) is 28.6 Å². The van der Waals surface area contributed by atoms with Crippen LogP contribution in [0.1, 0.15) is 253 Å². The average Bonchev–Trinajstić information content (AvgIpc) is 3.14. The van der Waals surface area contributed by atoms with Crippen LogP contribution in [0.4, 0.5) is 0 Å². The summed E-state index contributed by atoms with van der Waals surface area (Å²) in [6.07, 6.45) is 38.2. The Bertz CT molecular complexity index is 811. The standard InChI is InChI=1S/C47H90O6/c1-6-8-9-25-32-37-45(48)51-40-44(41-52-46(49)38-33-28-23-19-16-15-18-22-27-31-36-43(5)7-2)53-47(50)39-34-29-24-20-14-12-10-11-13-17-21-26-30-35-42(3)4/h42-44H,6-41H2,1-5H3/t43?,44-/m0/s1. The van der Waals surface area contributed by atoms with Gasteiger partial charge in [-0.25, -0.2) is 0 Å². The van der Waals surface area contributed by atoms with Gasteiger partial charge in [-0.1, -0.05) is 214 Å². The minimum atomic E-state index is -0.759. The number of rotatable bonds is 41. The minimum Gasteiger partial charge on any atom is -0.462 e. The highest BCUT2D eigenvalue weighted by Crippen LogP contribution is 2.17. The minimum absolute atomic E-state index is 0.0656. The number of esters is 3. The fourth-order valence-corrected chi connectivity index (χ4v) is 6.90. The lowest BCUT2D eigenvalue weighted by Crippen LogP contribution is -2.30. The van der Waals surface area contributed by atoms with E-state index in [1.807, 2.05) is 0 Å². The molecule has 0 aromatic rings. The zero-order valence-corrected chi connectivity index (χ0v) is 36.1. The average molecular weight is 751 g/mol. The summed E-state index contributed by atoms with van der Waals surface area (Å²) in [5.74, 6) is 0.839. The van der Waals surface area contributed by atoms with Crippen LogP contribution in [0, 0.1) is 11.8 Å². The summed E-state index contributed by atoms with van der Waals surface area (Å²) < 4.78 is 16.6. The van der Waals surface area contributed by atoms with Gasteiger partial charge in [0.05, 0.1) is 0 Å². The van der Waals surface area contributed by atoms with Gasteiger partial charge in [0.25, 0.3) is 0 Å². The Kier molecular flexibility index (Phi) is 38.9. The molecule has 6 nitrogen and oxygen atoms in total. The van der Waals surface area contributed by atoms with Gasteiger partial charge in [-0.15, -0.1) is 0 Å². The molecule has 0 aromatic carbocycles. The predicted octanol–water partition coefficient (Wildman–Crippen LogP) is 14.6. The van der Waals surface area contributed by atoms with Gasteiger partial charge in [-0.05, 0) is 31.1 Å². The molecule has 0 rings (SSSR count). The van der Waals surface area contributed by atoms with Crippen molar-refractivity contribution in [1.29, 1.82) is 0 Å². The maximum atomic E-state index is 12.7. The van der Waals surface area contributed by atoms with Crippen LogP contribution in [0.2, 0.25) is 0 Å². The fraction of sp³-hybridized carbons (Fsp3) is 0.936. The summed E-state index contributed by atoms with van der Waals surface area (Å²) in [6.45, 7) is 11.3. The van der Waals surface area contributed by atoms with E-state index in [-0.39, 0.29) is 31.1 Å². The van der Waals surface area contributed by atoms with Gasteiger partial charge < -0.3 is 14.2 Å². The van der Waals surface area contributed by atoms with Crippen molar-refractivity contribution in [1.82, 2.24) is 0 Å². The Hall–Kier alpha value is -1.59. The Morgan fingerprint density at radius 1 is 0.396 bits per heavy atom. The highest BCUT2D eigenvalue weighted by Gasteiger charge is 2.19. The summed E-state index contributed by atoms with van der Waals surface area (Å²) in [6, 6.07) is 0. The third kappa shape index (κ3) is 39.9. The van der Waals surface area contributed by atoms with Crippen molar-refractivity contribution in [3.63, 3.8) is 0 Å². The highest BCUT2D eigenvalue weighted by atomic mass is 16.6. The largest absolute Gasteiger partial charge is 0.462 e. The van der Waals surface area contributed by atoms with Crippen LogP contribution < -0.4 is 0 Å². The van der Waals surface area contributed by atoms with Gasteiger partial charge in [0.15, 0.2) is 6.10 Å². The first-order chi connectivity index (χ1) is 25.8. The van der Waals surface area contributed by atoms with Crippen molar-refractivity contribution in [3.8, 4) is 0 Å². The first kappa shape index (κ1) is 51.4. The van der Waals surface area contributed by atoms with Crippen molar-refractivity contribution in [3.05, 3.63) is 0 Å². The fourth-order valence-electron chi connectivity index (χ4n) is 6.90. The van der Waals surface area contributed by atoms with E-state index >= 15 is 0 Å². The molecule has 314 valence electrons. The van der Waals surface area contributed by atoms with E-state index in [1.165, 1.54) is 135 Å². The molecule has 0 saturated carbocycles. The van der Waals surface area contributed by atoms with Crippen molar-refractivity contribution < 1.29 is 28.6 Å². The van der Waals surface area contributed by atoms with Crippen LogP contribution in [0.3, 0.4) is 0 Å². The smallest absolute Gasteiger partial charge is 0.306 e. The number of carbonyl (C=O) groups excluding carboxylic acids is 3. The van der Waals surface area contributed by atoms with E-state index in [4.69, 9.17) is 14.2 Å². The van der Waals surface area contributed by atoms with Gasteiger partial charge in [0.2, 0.25) is 0 Å². The molecule has 0 aliphatic rings. The normalized spacial score (nSPS) is 12.6. The zero-order chi connectivity index (χ0) is 39.0. The van der Waals surface area contributed by atoms with Crippen molar-refractivity contribution >= 4 is 17.9 Å². The Labute approximate surface area is 329 Å². The number of carbonyl (C=O) groups is 3. The molecule has 0 aromatic heterocycles. The molecule has 0 aliphatic heterocycles. The second-order valence-electron chi connectivity index (χ2n) is 16.8. The zero-order valence-electron chi connectivity index (χ0n) is 36.1. The molecule has 0 fully saturated rings. The lowest BCUT2D eigenvalue weighted by Gasteiger charge is -2.18. The number of hydrogen-bond donors (Lipinski definition) is 0. The third-order valence-electron chi connectivity index (χ3n) is 10.8. The maximum Gasteiger partial charge on any atom is 0.306 e. The van der Waals surface area contributed by atoms with E-state index in [0.717, 1.165) is 76.0 Å². The molecule has 0 heterocycles. The summed E-state index contributed by atoms with van der Waals surface area (Å²) in [4.78, 5) is 37.5. The van der Waals surface area contributed by atoms with Gasteiger partial charge in [0, 0.05) is 19.3 Å². The molecule has 0 radical (unpaired) electrons. The number of hydrogen-bond acceptors (Lipinski definition) is 6. The molecule has 1 unspecified atom stereocenters. The molecular formula is C47H90O6. The van der Waals surface area contributed by atoms with Crippen LogP contribution in [0.25, 0.3) is 0 Å². The molecule has 0 N–H and O–H groups in total. The van der Waals surface area contributed by atoms with Crippen molar-refractivity contribution in [2.45, 2.75) is 259 Å². The number of ether oxygens (including phenoxy) is 3. The molecule has 0 amide bonds. The molecule has 0 bridgehead atoms. The first-order valence-electron chi connectivity index (χ1n) is 23.3. The molecule has 53 heavy (non-hydrogen) atoms. The monoisotopic (exact) mass is 751 g/mol. The van der Waals surface area contributed by atoms with Gasteiger partial charge in [-0.3, -0.25) is 14.4 Å². The van der Waals surface area contributed by atoms with Crippen molar-refractivity contribution in [2.24, 2.45) is 11.8 Å². The van der Waals surface area contributed by atoms with Crippen LogP contribution in [0.5, 0.6) is 0 Å². The van der Waals surface area contributed by atoms with Gasteiger partial charge in [-0.2, -0.15) is 0 Å². The maximum absolute atomic E-state index is 12.7.